The van der Waals surface area contributed by atoms with Crippen molar-refractivity contribution in [2.24, 2.45) is 0 Å². The summed E-state index contributed by atoms with van der Waals surface area (Å²) >= 11 is 5.36. The van der Waals surface area contributed by atoms with Gasteiger partial charge in [-0.1, -0.05) is 12.1 Å². The number of alkyl halides is 1. The predicted octanol–water partition coefficient (Wildman–Crippen LogP) is 1.92. The standard InChI is InChI=1S/C9H10ClNO4S/c1-7-3-2-4-8(9(7)11(12)13)16(14,15)6-5-10/h2-4H,5-6H2,1H3. The maximum absolute atomic E-state index is 11.7. The second-order valence-electron chi connectivity index (χ2n) is 3.19. The van der Waals surface area contributed by atoms with E-state index in [0.717, 1.165) is 0 Å². The van der Waals surface area contributed by atoms with Crippen molar-refractivity contribution in [3.63, 3.8) is 0 Å². The van der Waals surface area contributed by atoms with Gasteiger partial charge >= 0.3 is 0 Å². The van der Waals surface area contributed by atoms with Gasteiger partial charge in [0.1, 0.15) is 4.90 Å². The van der Waals surface area contributed by atoms with Gasteiger partial charge < -0.3 is 0 Å². The summed E-state index contributed by atoms with van der Waals surface area (Å²) in [5.41, 5.74) is -0.0479. The van der Waals surface area contributed by atoms with Crippen LogP contribution in [0.1, 0.15) is 5.56 Å². The van der Waals surface area contributed by atoms with Crippen molar-refractivity contribution in [3.05, 3.63) is 33.9 Å². The number of sulfone groups is 1. The number of benzene rings is 1. The summed E-state index contributed by atoms with van der Waals surface area (Å²) in [6, 6.07) is 4.20. The van der Waals surface area contributed by atoms with E-state index in [1.165, 1.54) is 25.1 Å². The second kappa shape index (κ2) is 4.80. The maximum Gasteiger partial charge on any atom is 0.290 e. The molecule has 0 saturated carbocycles. The highest BCUT2D eigenvalue weighted by Gasteiger charge is 2.26. The normalized spacial score (nSPS) is 11.4. The Morgan fingerprint density at radius 2 is 2.06 bits per heavy atom. The SMILES string of the molecule is Cc1cccc(S(=O)(=O)CCCl)c1[N+](=O)[O-]. The third-order valence-electron chi connectivity index (χ3n) is 2.06. The fraction of sp³-hybridized carbons (Fsp3) is 0.333. The van der Waals surface area contributed by atoms with E-state index in [9.17, 15) is 18.5 Å². The molecule has 1 rings (SSSR count). The van der Waals surface area contributed by atoms with Crippen molar-refractivity contribution in [2.75, 3.05) is 11.6 Å². The molecule has 16 heavy (non-hydrogen) atoms. The summed E-state index contributed by atoms with van der Waals surface area (Å²) < 4.78 is 23.4. The molecule has 0 amide bonds. The number of aryl methyl sites for hydroxylation is 1. The van der Waals surface area contributed by atoms with Crippen LogP contribution in [0.4, 0.5) is 5.69 Å². The Balaban J connectivity index is 3.46. The zero-order chi connectivity index (χ0) is 12.3. The summed E-state index contributed by atoms with van der Waals surface area (Å²) in [6.45, 7) is 1.50. The fourth-order valence-corrected chi connectivity index (χ4v) is 3.18. The number of nitro groups is 1. The molecular formula is C9H10ClNO4S. The Morgan fingerprint density at radius 3 is 2.56 bits per heavy atom. The number of nitrogens with zero attached hydrogens (tertiary/aromatic N) is 1. The van der Waals surface area contributed by atoms with Gasteiger partial charge in [-0.2, -0.15) is 0 Å². The number of rotatable bonds is 4. The summed E-state index contributed by atoms with van der Waals surface area (Å²) in [4.78, 5) is 9.85. The smallest absolute Gasteiger partial charge is 0.258 e. The van der Waals surface area contributed by atoms with Crippen LogP contribution in [0.3, 0.4) is 0 Å². The van der Waals surface area contributed by atoms with Crippen molar-refractivity contribution in [3.8, 4) is 0 Å². The van der Waals surface area contributed by atoms with Crippen molar-refractivity contribution in [2.45, 2.75) is 11.8 Å². The van der Waals surface area contributed by atoms with Crippen molar-refractivity contribution in [1.82, 2.24) is 0 Å². The molecule has 0 aromatic heterocycles. The van der Waals surface area contributed by atoms with Gasteiger partial charge in [-0.25, -0.2) is 8.42 Å². The minimum absolute atomic E-state index is 0.0899. The quantitative estimate of drug-likeness (QED) is 0.472. The molecule has 88 valence electrons. The highest BCUT2D eigenvalue weighted by Crippen LogP contribution is 2.28. The Morgan fingerprint density at radius 1 is 1.44 bits per heavy atom. The molecule has 0 atom stereocenters. The third kappa shape index (κ3) is 2.51. The first kappa shape index (κ1) is 12.9. The molecule has 7 heteroatoms. The lowest BCUT2D eigenvalue weighted by atomic mass is 10.2. The first-order chi connectivity index (χ1) is 7.40. The first-order valence-corrected chi connectivity index (χ1v) is 6.61. The summed E-state index contributed by atoms with van der Waals surface area (Å²) in [5, 5.41) is 10.8. The fourth-order valence-electron chi connectivity index (χ4n) is 1.33. The predicted molar refractivity (Wildman–Crippen MR) is 60.6 cm³/mol. The van der Waals surface area contributed by atoms with Gasteiger partial charge in [-0.05, 0) is 13.0 Å². The topological polar surface area (TPSA) is 77.3 Å². The van der Waals surface area contributed by atoms with Gasteiger partial charge in [0, 0.05) is 11.4 Å². The zero-order valence-corrected chi connectivity index (χ0v) is 10.1. The second-order valence-corrected chi connectivity index (χ2v) is 5.64. The van der Waals surface area contributed by atoms with Crippen LogP contribution in [0.5, 0.6) is 0 Å². The van der Waals surface area contributed by atoms with E-state index in [2.05, 4.69) is 0 Å². The van der Waals surface area contributed by atoms with Crippen LogP contribution >= 0.6 is 11.6 Å². The first-order valence-electron chi connectivity index (χ1n) is 4.43. The Kier molecular flexibility index (Phi) is 3.88. The number of nitro benzene ring substituents is 1. The molecule has 0 radical (unpaired) electrons. The molecule has 0 heterocycles. The molecule has 1 aromatic rings. The molecule has 5 nitrogen and oxygen atoms in total. The molecule has 0 unspecified atom stereocenters. The Hall–Kier alpha value is -1.14. The monoisotopic (exact) mass is 263 g/mol. The molecule has 0 saturated heterocycles. The molecule has 0 aliphatic carbocycles. The number of halogens is 1. The third-order valence-corrected chi connectivity index (χ3v) is 4.22. The van der Waals surface area contributed by atoms with Gasteiger partial charge in [0.2, 0.25) is 0 Å². The summed E-state index contributed by atoms with van der Waals surface area (Å²) in [5.74, 6) is -0.397. The number of para-hydroxylation sites is 1. The average molecular weight is 264 g/mol. The largest absolute Gasteiger partial charge is 0.290 e. The van der Waals surface area contributed by atoms with Gasteiger partial charge in [0.15, 0.2) is 9.84 Å². The van der Waals surface area contributed by atoms with Crippen LogP contribution in [0, 0.1) is 17.0 Å². The lowest BCUT2D eigenvalue weighted by Gasteiger charge is -2.05. The Bertz CT molecular complexity index is 512. The average Bonchev–Trinajstić information content (AvgIpc) is 2.16. The van der Waals surface area contributed by atoms with E-state index in [-0.39, 0.29) is 22.2 Å². The summed E-state index contributed by atoms with van der Waals surface area (Å²) in [7, 11) is -3.68. The Labute approximate surface area is 98.1 Å². The number of hydrogen-bond donors (Lipinski definition) is 0. The van der Waals surface area contributed by atoms with Crippen molar-refractivity contribution < 1.29 is 13.3 Å². The molecule has 0 aliphatic heterocycles. The highest BCUT2D eigenvalue weighted by atomic mass is 35.5. The molecule has 0 N–H and O–H groups in total. The molecule has 1 aromatic carbocycles. The van der Waals surface area contributed by atoms with Crippen LogP contribution in [0.25, 0.3) is 0 Å². The van der Waals surface area contributed by atoms with E-state index in [0.29, 0.717) is 5.56 Å². The highest BCUT2D eigenvalue weighted by molar-refractivity contribution is 7.91. The van der Waals surface area contributed by atoms with E-state index in [4.69, 9.17) is 11.6 Å². The van der Waals surface area contributed by atoms with Crippen LogP contribution in [-0.4, -0.2) is 25.0 Å². The lowest BCUT2D eigenvalue weighted by molar-refractivity contribution is -0.388. The lowest BCUT2D eigenvalue weighted by Crippen LogP contribution is -2.11. The minimum atomic E-state index is -3.68. The zero-order valence-electron chi connectivity index (χ0n) is 8.51. The molecule has 0 spiro atoms. The molecule has 0 bridgehead atoms. The van der Waals surface area contributed by atoms with Crippen LogP contribution in [0.2, 0.25) is 0 Å². The van der Waals surface area contributed by atoms with Gasteiger partial charge in [-0.15, -0.1) is 11.6 Å². The molecule has 0 aliphatic rings. The van der Waals surface area contributed by atoms with Crippen molar-refractivity contribution in [1.29, 1.82) is 0 Å². The summed E-state index contributed by atoms with van der Waals surface area (Å²) in [6.07, 6.45) is 0. The van der Waals surface area contributed by atoms with Crippen LogP contribution in [-0.2, 0) is 9.84 Å². The van der Waals surface area contributed by atoms with Crippen LogP contribution in [0.15, 0.2) is 23.1 Å². The van der Waals surface area contributed by atoms with Crippen molar-refractivity contribution >= 4 is 27.1 Å². The van der Waals surface area contributed by atoms with E-state index in [1.807, 2.05) is 0 Å². The van der Waals surface area contributed by atoms with Gasteiger partial charge in [-0.3, -0.25) is 10.1 Å². The minimum Gasteiger partial charge on any atom is -0.258 e. The van der Waals surface area contributed by atoms with Gasteiger partial charge in [0.25, 0.3) is 5.69 Å². The van der Waals surface area contributed by atoms with Crippen LogP contribution < -0.4 is 0 Å². The van der Waals surface area contributed by atoms with Gasteiger partial charge in [0.05, 0.1) is 10.7 Å². The van der Waals surface area contributed by atoms with E-state index < -0.39 is 14.8 Å². The van der Waals surface area contributed by atoms with E-state index >= 15 is 0 Å². The molecular weight excluding hydrogens is 254 g/mol. The van der Waals surface area contributed by atoms with E-state index in [1.54, 1.807) is 0 Å². The number of hydrogen-bond acceptors (Lipinski definition) is 4. The molecule has 0 fully saturated rings. The maximum atomic E-state index is 11.7.